The van der Waals surface area contributed by atoms with Crippen molar-refractivity contribution in [2.45, 2.75) is 11.2 Å². The summed E-state index contributed by atoms with van der Waals surface area (Å²) in [7, 11) is -1.95. The SMILES string of the molecule is O=S1CCS(=O)C1COCc1ccccc1. The van der Waals surface area contributed by atoms with Gasteiger partial charge in [0.1, 0.15) is 4.58 Å². The van der Waals surface area contributed by atoms with Gasteiger partial charge in [0.25, 0.3) is 0 Å². The Labute approximate surface area is 100 Å². The van der Waals surface area contributed by atoms with Crippen LogP contribution >= 0.6 is 0 Å². The number of rotatable bonds is 4. The Morgan fingerprint density at radius 2 is 1.75 bits per heavy atom. The predicted molar refractivity (Wildman–Crippen MR) is 65.9 cm³/mol. The van der Waals surface area contributed by atoms with Crippen molar-refractivity contribution in [2.24, 2.45) is 0 Å². The van der Waals surface area contributed by atoms with Crippen molar-refractivity contribution in [1.29, 1.82) is 0 Å². The first-order valence-corrected chi connectivity index (χ1v) is 7.90. The molecule has 0 spiro atoms. The highest BCUT2D eigenvalue weighted by Crippen LogP contribution is 2.13. The van der Waals surface area contributed by atoms with Gasteiger partial charge in [-0.3, -0.25) is 8.42 Å². The van der Waals surface area contributed by atoms with Gasteiger partial charge in [0.15, 0.2) is 0 Å². The fourth-order valence-corrected chi connectivity index (χ4v) is 5.42. The number of benzene rings is 1. The number of hydrogen-bond acceptors (Lipinski definition) is 3. The third kappa shape index (κ3) is 2.99. The summed E-state index contributed by atoms with van der Waals surface area (Å²) in [6, 6.07) is 9.80. The zero-order valence-electron chi connectivity index (χ0n) is 8.83. The van der Waals surface area contributed by atoms with Gasteiger partial charge in [0.05, 0.1) is 13.2 Å². The van der Waals surface area contributed by atoms with E-state index in [9.17, 15) is 8.42 Å². The molecule has 1 saturated heterocycles. The molecular weight excluding hydrogens is 244 g/mol. The minimum atomic E-state index is -0.974. The Morgan fingerprint density at radius 3 is 2.38 bits per heavy atom. The average molecular weight is 258 g/mol. The average Bonchev–Trinajstić information content (AvgIpc) is 2.62. The van der Waals surface area contributed by atoms with Crippen molar-refractivity contribution in [3.8, 4) is 0 Å². The Balaban J connectivity index is 1.80. The van der Waals surface area contributed by atoms with Crippen molar-refractivity contribution in [1.82, 2.24) is 0 Å². The van der Waals surface area contributed by atoms with Crippen molar-refractivity contribution >= 4 is 21.6 Å². The summed E-state index contributed by atoms with van der Waals surface area (Å²) in [6.07, 6.45) is 0. The summed E-state index contributed by atoms with van der Waals surface area (Å²) >= 11 is 0. The number of ether oxygens (including phenoxy) is 1. The Hall–Kier alpha value is -0.520. The van der Waals surface area contributed by atoms with Crippen molar-refractivity contribution in [3.05, 3.63) is 35.9 Å². The van der Waals surface area contributed by atoms with Crippen molar-refractivity contribution in [3.63, 3.8) is 0 Å². The molecule has 1 aliphatic rings. The van der Waals surface area contributed by atoms with Crippen LogP contribution in [-0.4, -0.2) is 31.1 Å². The summed E-state index contributed by atoms with van der Waals surface area (Å²) < 4.78 is 28.1. The van der Waals surface area contributed by atoms with Gasteiger partial charge in [0.2, 0.25) is 0 Å². The second kappa shape index (κ2) is 5.70. The maximum atomic E-state index is 11.5. The lowest BCUT2D eigenvalue weighted by atomic mass is 10.2. The van der Waals surface area contributed by atoms with E-state index in [0.717, 1.165) is 5.56 Å². The second-order valence-electron chi connectivity index (χ2n) is 3.60. The van der Waals surface area contributed by atoms with E-state index in [1.165, 1.54) is 0 Å². The minimum Gasteiger partial charge on any atom is -0.375 e. The molecule has 0 amide bonds. The molecule has 0 aromatic heterocycles. The molecule has 88 valence electrons. The van der Waals surface area contributed by atoms with Crippen LogP contribution in [0, 0.1) is 0 Å². The largest absolute Gasteiger partial charge is 0.375 e. The van der Waals surface area contributed by atoms with Gasteiger partial charge in [-0.2, -0.15) is 0 Å². The van der Waals surface area contributed by atoms with Gasteiger partial charge < -0.3 is 4.74 Å². The van der Waals surface area contributed by atoms with E-state index in [4.69, 9.17) is 4.74 Å². The summed E-state index contributed by atoms with van der Waals surface area (Å²) in [5.41, 5.74) is 1.08. The van der Waals surface area contributed by atoms with Crippen molar-refractivity contribution < 1.29 is 13.2 Å². The van der Waals surface area contributed by atoms with Gasteiger partial charge in [-0.1, -0.05) is 30.3 Å². The van der Waals surface area contributed by atoms with E-state index in [1.807, 2.05) is 30.3 Å². The first-order valence-electron chi connectivity index (χ1n) is 5.13. The highest BCUT2D eigenvalue weighted by atomic mass is 32.3. The molecule has 2 rings (SSSR count). The van der Waals surface area contributed by atoms with Crippen LogP contribution in [0.2, 0.25) is 0 Å². The molecule has 1 aliphatic heterocycles. The molecule has 1 heterocycles. The smallest absolute Gasteiger partial charge is 0.133 e. The van der Waals surface area contributed by atoms with Crippen molar-refractivity contribution in [2.75, 3.05) is 18.1 Å². The lowest BCUT2D eigenvalue weighted by Gasteiger charge is -2.08. The molecule has 1 aromatic carbocycles. The predicted octanol–water partition coefficient (Wildman–Crippen LogP) is 1.04. The molecule has 0 radical (unpaired) electrons. The van der Waals surface area contributed by atoms with Gasteiger partial charge in [-0.25, -0.2) is 0 Å². The fourth-order valence-electron chi connectivity index (χ4n) is 1.55. The molecule has 0 bridgehead atoms. The quantitative estimate of drug-likeness (QED) is 0.810. The van der Waals surface area contributed by atoms with E-state index in [-0.39, 0.29) is 4.58 Å². The molecule has 1 fully saturated rings. The molecule has 0 saturated carbocycles. The Bertz CT molecular complexity index is 375. The first-order chi connectivity index (χ1) is 7.77. The molecule has 16 heavy (non-hydrogen) atoms. The van der Waals surface area contributed by atoms with Gasteiger partial charge in [0, 0.05) is 33.1 Å². The molecular formula is C11H14O3S2. The van der Waals surface area contributed by atoms with E-state index < -0.39 is 21.6 Å². The molecule has 2 atom stereocenters. The third-order valence-corrected chi connectivity index (χ3v) is 6.64. The minimum absolute atomic E-state index is 0.288. The van der Waals surface area contributed by atoms with Crippen LogP contribution in [0.4, 0.5) is 0 Å². The topological polar surface area (TPSA) is 43.4 Å². The number of hydrogen-bond donors (Lipinski definition) is 0. The van der Waals surface area contributed by atoms with Crippen LogP contribution in [-0.2, 0) is 32.9 Å². The van der Waals surface area contributed by atoms with Crippen LogP contribution < -0.4 is 0 Å². The fraction of sp³-hybridized carbons (Fsp3) is 0.455. The summed E-state index contributed by atoms with van der Waals surface area (Å²) in [5, 5.41) is 0. The highest BCUT2D eigenvalue weighted by molar-refractivity contribution is 8.06. The first kappa shape index (κ1) is 12.0. The van der Waals surface area contributed by atoms with Crippen LogP contribution in [0.15, 0.2) is 30.3 Å². The zero-order valence-corrected chi connectivity index (χ0v) is 10.5. The summed E-state index contributed by atoms with van der Waals surface area (Å²) in [5.74, 6) is 1.10. The van der Waals surface area contributed by atoms with Gasteiger partial charge in [-0.05, 0) is 5.56 Å². The zero-order chi connectivity index (χ0) is 11.4. The second-order valence-corrected chi connectivity index (χ2v) is 7.38. The van der Waals surface area contributed by atoms with Crippen LogP contribution in [0.3, 0.4) is 0 Å². The van der Waals surface area contributed by atoms with Gasteiger partial charge >= 0.3 is 0 Å². The monoisotopic (exact) mass is 258 g/mol. The van der Waals surface area contributed by atoms with E-state index in [0.29, 0.717) is 24.7 Å². The van der Waals surface area contributed by atoms with E-state index >= 15 is 0 Å². The molecule has 3 nitrogen and oxygen atoms in total. The van der Waals surface area contributed by atoms with Crippen LogP contribution in [0.1, 0.15) is 5.56 Å². The maximum absolute atomic E-state index is 11.5. The van der Waals surface area contributed by atoms with E-state index in [1.54, 1.807) is 0 Å². The van der Waals surface area contributed by atoms with Crippen LogP contribution in [0.5, 0.6) is 0 Å². The lowest BCUT2D eigenvalue weighted by Crippen LogP contribution is -2.20. The summed E-state index contributed by atoms with van der Waals surface area (Å²) in [6.45, 7) is 0.819. The molecule has 1 aromatic rings. The molecule has 0 aliphatic carbocycles. The van der Waals surface area contributed by atoms with E-state index in [2.05, 4.69) is 0 Å². The Morgan fingerprint density at radius 1 is 1.12 bits per heavy atom. The van der Waals surface area contributed by atoms with Crippen LogP contribution in [0.25, 0.3) is 0 Å². The normalized spacial score (nSPS) is 29.4. The molecule has 5 heteroatoms. The Kier molecular flexibility index (Phi) is 4.26. The standard InChI is InChI=1S/C11H14O3S2/c12-15-6-7-16(13)11(15)9-14-8-10-4-2-1-3-5-10/h1-5,11H,6-9H2. The highest BCUT2D eigenvalue weighted by Gasteiger charge is 2.30. The third-order valence-electron chi connectivity index (χ3n) is 2.44. The lowest BCUT2D eigenvalue weighted by molar-refractivity contribution is 0.131. The maximum Gasteiger partial charge on any atom is 0.133 e. The molecule has 0 N–H and O–H groups in total. The molecule has 2 unspecified atom stereocenters. The van der Waals surface area contributed by atoms with Gasteiger partial charge in [-0.15, -0.1) is 0 Å². The summed E-state index contributed by atoms with van der Waals surface area (Å²) in [4.78, 5) is 0.